The zero-order valence-corrected chi connectivity index (χ0v) is 14.4. The minimum atomic E-state index is -5.37. The van der Waals surface area contributed by atoms with E-state index in [0.29, 0.717) is 0 Å². The molecule has 0 bridgehead atoms. The van der Waals surface area contributed by atoms with Gasteiger partial charge in [-0.25, -0.2) is 0 Å². The molecule has 0 spiro atoms. The maximum Gasteiger partial charge on any atom is 0.437 e. The Morgan fingerprint density at radius 1 is 1.48 bits per heavy atom. The molecule has 148 valence electrons. The molecule has 0 aliphatic carbocycles. The second-order valence-electron chi connectivity index (χ2n) is 5.57. The van der Waals surface area contributed by atoms with Gasteiger partial charge in [-0.1, -0.05) is 0 Å². The summed E-state index contributed by atoms with van der Waals surface area (Å²) < 4.78 is 45.3. The van der Waals surface area contributed by atoms with Crippen LogP contribution in [0.25, 0.3) is 0 Å². The first kappa shape index (κ1) is 20.6. The highest BCUT2D eigenvalue weighted by atomic mass is 32.1. The lowest BCUT2D eigenvalue weighted by Gasteiger charge is -2.45. The summed E-state index contributed by atoms with van der Waals surface area (Å²) in [5.41, 5.74) is -4.82. The Bertz CT molecular complexity index is 790. The van der Waals surface area contributed by atoms with E-state index in [4.69, 9.17) is 0 Å². The van der Waals surface area contributed by atoms with Gasteiger partial charge in [0.15, 0.2) is 5.11 Å². The molecule has 1 saturated heterocycles. The number of aromatic hydroxyl groups is 1. The molecule has 27 heavy (non-hydrogen) atoms. The molecular weight excluding hydrogens is 395 g/mol. The zero-order valence-electron chi connectivity index (χ0n) is 13.6. The fourth-order valence-electron chi connectivity index (χ4n) is 2.70. The largest absolute Gasteiger partial charge is 0.508 e. The quantitative estimate of drug-likeness (QED) is 0.251. The molecule has 0 saturated carbocycles. The van der Waals surface area contributed by atoms with Crippen LogP contribution in [0.4, 0.5) is 18.9 Å². The monoisotopic (exact) mass is 409 g/mol. The number of esters is 1. The van der Waals surface area contributed by atoms with Gasteiger partial charge in [-0.15, -0.1) is 0 Å². The lowest BCUT2D eigenvalue weighted by atomic mass is 9.81. The number of thiocarbonyl (C=S) groups is 1. The van der Waals surface area contributed by atoms with E-state index < -0.39 is 56.9 Å². The number of nitrogens with one attached hydrogen (secondary N) is 2. The average molecular weight is 409 g/mol. The van der Waals surface area contributed by atoms with E-state index in [1.807, 2.05) is 0 Å². The number of halogens is 3. The van der Waals surface area contributed by atoms with E-state index in [1.165, 1.54) is 6.92 Å². The molecule has 13 heteroatoms. The Hall–Kier alpha value is -2.67. The summed E-state index contributed by atoms with van der Waals surface area (Å²) >= 11 is 4.68. The van der Waals surface area contributed by atoms with Crippen LogP contribution in [0.3, 0.4) is 0 Å². The summed E-state index contributed by atoms with van der Waals surface area (Å²) in [4.78, 5) is 22.4. The first-order valence-electron chi connectivity index (χ1n) is 7.44. The molecular formula is C14H14F3N3O6S. The van der Waals surface area contributed by atoms with Gasteiger partial charge in [0.2, 0.25) is 0 Å². The standard InChI is InChI=1S/C14H14F3N3O6S/c1-2-26-11(22)9-10(7-5-6(20(24)25)3-4-8(7)21)18-12(27)19-13(9,23)14(15,16)17/h3-5,9-10,21,23H,2H2,1H3,(H2,18,19,27)/t9-,10+,13-/m1/s1. The summed E-state index contributed by atoms with van der Waals surface area (Å²) in [5.74, 6) is -4.45. The zero-order chi connectivity index (χ0) is 20.6. The molecule has 1 aliphatic rings. The van der Waals surface area contributed by atoms with Gasteiger partial charge in [-0.05, 0) is 25.2 Å². The summed E-state index contributed by atoms with van der Waals surface area (Å²) in [6.07, 6.45) is -5.37. The van der Waals surface area contributed by atoms with Gasteiger partial charge in [0.25, 0.3) is 11.4 Å². The van der Waals surface area contributed by atoms with E-state index in [9.17, 15) is 38.3 Å². The van der Waals surface area contributed by atoms with E-state index in [1.54, 1.807) is 5.32 Å². The van der Waals surface area contributed by atoms with Gasteiger partial charge in [0, 0.05) is 17.7 Å². The number of phenols is 1. The molecule has 0 unspecified atom stereocenters. The number of alkyl halides is 3. The Balaban J connectivity index is 2.68. The molecule has 2 rings (SSSR count). The number of nitro groups is 1. The lowest BCUT2D eigenvalue weighted by molar-refractivity contribution is -0.385. The number of phenolic OH excluding ortho intramolecular Hbond substituents is 1. The molecule has 1 aromatic rings. The predicted molar refractivity (Wildman–Crippen MR) is 87.5 cm³/mol. The number of benzene rings is 1. The molecule has 1 aromatic carbocycles. The van der Waals surface area contributed by atoms with Crippen molar-refractivity contribution in [2.45, 2.75) is 24.9 Å². The van der Waals surface area contributed by atoms with Crippen molar-refractivity contribution in [2.24, 2.45) is 5.92 Å². The summed E-state index contributed by atoms with van der Waals surface area (Å²) in [5, 5.41) is 34.5. The van der Waals surface area contributed by atoms with E-state index in [2.05, 4.69) is 22.3 Å². The number of hydrogen-bond donors (Lipinski definition) is 4. The van der Waals surface area contributed by atoms with Gasteiger partial charge in [-0.3, -0.25) is 14.9 Å². The number of rotatable bonds is 4. The highest BCUT2D eigenvalue weighted by molar-refractivity contribution is 7.80. The first-order valence-corrected chi connectivity index (χ1v) is 7.85. The van der Waals surface area contributed by atoms with E-state index >= 15 is 0 Å². The van der Waals surface area contributed by atoms with Crippen molar-refractivity contribution < 1.29 is 37.8 Å². The summed E-state index contributed by atoms with van der Waals surface area (Å²) in [7, 11) is 0. The van der Waals surface area contributed by atoms with Crippen LogP contribution in [-0.2, 0) is 9.53 Å². The molecule has 0 radical (unpaired) electrons. The molecule has 1 aliphatic heterocycles. The number of hydrogen-bond acceptors (Lipinski definition) is 7. The minimum Gasteiger partial charge on any atom is -0.508 e. The van der Waals surface area contributed by atoms with Crippen molar-refractivity contribution in [1.29, 1.82) is 0 Å². The Morgan fingerprint density at radius 3 is 2.63 bits per heavy atom. The Morgan fingerprint density at radius 2 is 2.11 bits per heavy atom. The van der Waals surface area contributed by atoms with Crippen LogP contribution in [0, 0.1) is 16.0 Å². The summed E-state index contributed by atoms with van der Waals surface area (Å²) in [6.45, 7) is 1.06. The fraction of sp³-hybridized carbons (Fsp3) is 0.429. The number of nitro benzene ring substituents is 1. The Kier molecular flexibility index (Phi) is 5.47. The topological polar surface area (TPSA) is 134 Å². The van der Waals surface area contributed by atoms with Crippen molar-refractivity contribution in [3.05, 3.63) is 33.9 Å². The molecule has 9 nitrogen and oxygen atoms in total. The van der Waals surface area contributed by atoms with Crippen LogP contribution < -0.4 is 10.6 Å². The van der Waals surface area contributed by atoms with E-state index in [0.717, 1.165) is 18.2 Å². The van der Waals surface area contributed by atoms with Crippen molar-refractivity contribution in [2.75, 3.05) is 6.61 Å². The second-order valence-corrected chi connectivity index (χ2v) is 5.98. The van der Waals surface area contributed by atoms with Crippen LogP contribution >= 0.6 is 12.2 Å². The maximum absolute atomic E-state index is 13.6. The van der Waals surface area contributed by atoms with Crippen LogP contribution in [0.2, 0.25) is 0 Å². The third kappa shape index (κ3) is 3.73. The van der Waals surface area contributed by atoms with Crippen LogP contribution in [0.15, 0.2) is 18.2 Å². The number of non-ortho nitro benzene ring substituents is 1. The smallest absolute Gasteiger partial charge is 0.437 e. The van der Waals surface area contributed by atoms with Gasteiger partial charge in [-0.2, -0.15) is 13.2 Å². The SMILES string of the molecule is CCOC(=O)[C@H]1[C@H](c2cc([N+](=O)[O-])ccc2O)NC(=S)N[C@]1(O)C(F)(F)F. The highest BCUT2D eigenvalue weighted by Gasteiger charge is 2.66. The number of nitrogens with zero attached hydrogens (tertiary/aromatic N) is 1. The fourth-order valence-corrected chi connectivity index (χ4v) is 2.98. The van der Waals surface area contributed by atoms with Crippen molar-refractivity contribution in [3.8, 4) is 5.75 Å². The number of carbonyl (C=O) groups excluding carboxylic acids is 1. The van der Waals surface area contributed by atoms with Crippen LogP contribution in [0.1, 0.15) is 18.5 Å². The predicted octanol–water partition coefficient (Wildman–Crippen LogP) is 1.25. The van der Waals surface area contributed by atoms with Gasteiger partial charge in [0.05, 0.1) is 17.6 Å². The lowest BCUT2D eigenvalue weighted by Crippen LogP contribution is -2.73. The highest BCUT2D eigenvalue weighted by Crippen LogP contribution is 2.45. The van der Waals surface area contributed by atoms with E-state index in [-0.39, 0.29) is 6.61 Å². The number of aliphatic hydroxyl groups is 1. The molecule has 0 amide bonds. The number of ether oxygens (including phenoxy) is 1. The van der Waals surface area contributed by atoms with Gasteiger partial charge < -0.3 is 25.6 Å². The van der Waals surface area contributed by atoms with Crippen molar-refractivity contribution >= 4 is 29.0 Å². The maximum atomic E-state index is 13.6. The normalized spacial score (nSPS) is 25.3. The molecule has 1 fully saturated rings. The molecule has 4 N–H and O–H groups in total. The van der Waals surface area contributed by atoms with Crippen molar-refractivity contribution in [3.63, 3.8) is 0 Å². The van der Waals surface area contributed by atoms with Crippen LogP contribution in [0.5, 0.6) is 5.75 Å². The van der Waals surface area contributed by atoms with Gasteiger partial charge in [0.1, 0.15) is 11.7 Å². The minimum absolute atomic E-state index is 0.290. The first-order chi connectivity index (χ1) is 12.4. The second kappa shape index (κ2) is 7.15. The third-order valence-electron chi connectivity index (χ3n) is 3.90. The summed E-state index contributed by atoms with van der Waals surface area (Å²) in [6, 6.07) is 0.830. The van der Waals surface area contributed by atoms with Crippen molar-refractivity contribution in [1.82, 2.24) is 10.6 Å². The molecule has 1 heterocycles. The third-order valence-corrected chi connectivity index (χ3v) is 4.12. The van der Waals surface area contributed by atoms with Crippen LogP contribution in [-0.4, -0.2) is 44.7 Å². The average Bonchev–Trinajstić information content (AvgIpc) is 2.53. The Labute approximate surface area is 155 Å². The van der Waals surface area contributed by atoms with Gasteiger partial charge >= 0.3 is 12.1 Å². The number of carbonyl (C=O) groups is 1. The molecule has 0 aromatic heterocycles. The molecule has 3 atom stereocenters.